The van der Waals surface area contributed by atoms with Crippen LogP contribution in [0.4, 0.5) is 5.82 Å². The summed E-state index contributed by atoms with van der Waals surface area (Å²) in [4.78, 5) is 16.7. The highest BCUT2D eigenvalue weighted by Crippen LogP contribution is 2.40. The fraction of sp³-hybridized carbons (Fsp3) is 0.0588. The Labute approximate surface area is 160 Å². The lowest BCUT2D eigenvalue weighted by molar-refractivity contribution is 0.100. The highest BCUT2D eigenvalue weighted by atomic mass is 127. The van der Waals surface area contributed by atoms with E-state index in [1.54, 1.807) is 13.2 Å². The lowest BCUT2D eigenvalue weighted by atomic mass is 9.95. The van der Waals surface area contributed by atoms with Crippen molar-refractivity contribution in [1.29, 1.82) is 0 Å². The summed E-state index contributed by atoms with van der Waals surface area (Å²) in [6.07, 6.45) is 0. The van der Waals surface area contributed by atoms with Gasteiger partial charge < -0.3 is 16.2 Å². The maximum atomic E-state index is 12.2. The van der Waals surface area contributed by atoms with Crippen LogP contribution >= 0.6 is 38.5 Å². The Balaban J connectivity index is 2.46. The number of carbonyl (C=O) groups excluding carboxylic acids is 1. The number of ether oxygens (including phenoxy) is 1. The molecule has 3 aromatic rings. The normalized spacial score (nSPS) is 10.8. The Morgan fingerprint density at radius 2 is 2.00 bits per heavy atom. The average molecular weight is 498 g/mol. The van der Waals surface area contributed by atoms with Crippen LogP contribution in [0, 0.1) is 3.57 Å². The van der Waals surface area contributed by atoms with E-state index >= 15 is 0 Å². The molecule has 0 bridgehead atoms. The highest BCUT2D eigenvalue weighted by molar-refractivity contribution is 14.1. The van der Waals surface area contributed by atoms with E-state index in [1.165, 1.54) is 0 Å². The maximum absolute atomic E-state index is 12.2. The number of primary amides is 1. The Hall–Kier alpha value is -1.87. The molecule has 0 aliphatic rings. The van der Waals surface area contributed by atoms with Gasteiger partial charge in [-0.25, -0.2) is 4.98 Å². The number of methoxy groups -OCH3 is 1. The second-order valence-corrected chi connectivity index (χ2v) is 7.28. The molecule has 0 aliphatic carbocycles. The number of nitrogens with two attached hydrogens (primary N) is 2. The third-order valence-corrected chi connectivity index (χ3v) is 4.82. The van der Waals surface area contributed by atoms with Crippen LogP contribution in [0.25, 0.3) is 22.0 Å². The molecule has 0 saturated heterocycles. The van der Waals surface area contributed by atoms with Gasteiger partial charge in [0, 0.05) is 24.6 Å². The van der Waals surface area contributed by atoms with Crippen molar-refractivity contribution < 1.29 is 9.53 Å². The summed E-state index contributed by atoms with van der Waals surface area (Å²) < 4.78 is 7.27. The van der Waals surface area contributed by atoms with Gasteiger partial charge in [-0.15, -0.1) is 0 Å². The number of nitrogens with zero attached hydrogens (tertiary/aromatic N) is 1. The molecule has 24 heavy (non-hydrogen) atoms. The minimum atomic E-state index is -0.559. The van der Waals surface area contributed by atoms with E-state index in [-0.39, 0.29) is 5.82 Å². The van der Waals surface area contributed by atoms with Crippen molar-refractivity contribution in [3.05, 3.63) is 50.0 Å². The number of rotatable bonds is 3. The molecule has 4 N–H and O–H groups in total. The predicted molar refractivity (Wildman–Crippen MR) is 107 cm³/mol. The molecule has 0 unspecified atom stereocenters. The number of nitrogen functional groups attached to an aromatic ring is 1. The van der Waals surface area contributed by atoms with E-state index in [1.807, 2.05) is 30.3 Å². The van der Waals surface area contributed by atoms with Crippen molar-refractivity contribution in [1.82, 2.24) is 4.98 Å². The largest absolute Gasteiger partial charge is 0.496 e. The number of fused-ring (bicyclic) bond motifs is 1. The first-order valence-corrected chi connectivity index (χ1v) is 8.82. The van der Waals surface area contributed by atoms with Crippen molar-refractivity contribution in [2.24, 2.45) is 5.73 Å². The van der Waals surface area contributed by atoms with Gasteiger partial charge >= 0.3 is 0 Å². The summed E-state index contributed by atoms with van der Waals surface area (Å²) in [6, 6.07) is 11.1. The summed E-state index contributed by atoms with van der Waals surface area (Å²) >= 11 is 5.58. The van der Waals surface area contributed by atoms with Gasteiger partial charge in [0.1, 0.15) is 11.6 Å². The van der Waals surface area contributed by atoms with Crippen LogP contribution in [0.2, 0.25) is 0 Å². The minimum Gasteiger partial charge on any atom is -0.496 e. The lowest BCUT2D eigenvalue weighted by Crippen LogP contribution is -2.15. The summed E-state index contributed by atoms with van der Waals surface area (Å²) in [6.45, 7) is 0. The number of carbonyl (C=O) groups is 1. The van der Waals surface area contributed by atoms with Crippen molar-refractivity contribution >= 4 is 61.1 Å². The number of amides is 1. The second kappa shape index (κ2) is 6.56. The van der Waals surface area contributed by atoms with Crippen LogP contribution < -0.4 is 16.2 Å². The zero-order chi connectivity index (χ0) is 17.4. The molecule has 0 fully saturated rings. The SMILES string of the molecule is COc1cc(Br)ccc1-c1c(N)nc2ccc(I)cc2c1C(N)=O. The predicted octanol–water partition coefficient (Wildman–Crippen LogP) is 3.96. The molecule has 5 nitrogen and oxygen atoms in total. The van der Waals surface area contributed by atoms with Gasteiger partial charge in [0.15, 0.2) is 0 Å². The first-order chi connectivity index (χ1) is 11.4. The summed E-state index contributed by atoms with van der Waals surface area (Å²) in [5, 5.41) is 0.670. The van der Waals surface area contributed by atoms with E-state index in [4.69, 9.17) is 16.2 Å². The molecule has 1 amide bonds. The van der Waals surface area contributed by atoms with Crippen LogP contribution in [0.5, 0.6) is 5.75 Å². The summed E-state index contributed by atoms with van der Waals surface area (Å²) in [5.41, 5.74) is 14.0. The minimum absolute atomic E-state index is 0.234. The standard InChI is InChI=1S/C17H13BrIN3O2/c1-24-13-6-8(18)2-4-10(13)14-15(17(21)23)11-7-9(19)3-5-12(11)22-16(14)20/h2-7H,1H3,(H2,20,22)(H2,21,23). The molecule has 0 radical (unpaired) electrons. The summed E-state index contributed by atoms with van der Waals surface area (Å²) in [7, 11) is 1.56. The van der Waals surface area contributed by atoms with Crippen LogP contribution in [0.1, 0.15) is 10.4 Å². The Morgan fingerprint density at radius 3 is 2.67 bits per heavy atom. The van der Waals surface area contributed by atoms with Crippen LogP contribution in [-0.2, 0) is 0 Å². The van der Waals surface area contributed by atoms with Gasteiger partial charge in [-0.05, 0) is 59.0 Å². The number of pyridine rings is 1. The number of halogens is 2. The average Bonchev–Trinajstić information content (AvgIpc) is 2.54. The molecule has 0 saturated carbocycles. The molecule has 7 heteroatoms. The molecule has 122 valence electrons. The van der Waals surface area contributed by atoms with E-state index in [0.29, 0.717) is 33.3 Å². The van der Waals surface area contributed by atoms with E-state index in [2.05, 4.69) is 43.5 Å². The Bertz CT molecular complexity index is 976. The van der Waals surface area contributed by atoms with Gasteiger partial charge in [0.2, 0.25) is 5.91 Å². The highest BCUT2D eigenvalue weighted by Gasteiger charge is 2.22. The molecule has 1 heterocycles. The maximum Gasteiger partial charge on any atom is 0.250 e. The van der Waals surface area contributed by atoms with Crippen LogP contribution in [-0.4, -0.2) is 18.0 Å². The fourth-order valence-electron chi connectivity index (χ4n) is 2.65. The van der Waals surface area contributed by atoms with Crippen LogP contribution in [0.3, 0.4) is 0 Å². The van der Waals surface area contributed by atoms with Gasteiger partial charge in [0.25, 0.3) is 0 Å². The zero-order valence-corrected chi connectivity index (χ0v) is 16.4. The third-order valence-electron chi connectivity index (χ3n) is 3.65. The van der Waals surface area contributed by atoms with Crippen molar-refractivity contribution in [3.63, 3.8) is 0 Å². The quantitative estimate of drug-likeness (QED) is 0.536. The molecular weight excluding hydrogens is 485 g/mol. The first kappa shape index (κ1) is 17.0. The number of benzene rings is 2. The fourth-order valence-corrected chi connectivity index (χ4v) is 3.49. The number of aromatic nitrogens is 1. The topological polar surface area (TPSA) is 91.2 Å². The van der Waals surface area contributed by atoms with Gasteiger partial charge in [-0.3, -0.25) is 4.79 Å². The first-order valence-electron chi connectivity index (χ1n) is 6.95. The van der Waals surface area contributed by atoms with Gasteiger partial charge in [-0.2, -0.15) is 0 Å². The smallest absolute Gasteiger partial charge is 0.250 e. The molecular formula is C17H13BrIN3O2. The van der Waals surface area contributed by atoms with Gasteiger partial charge in [-0.1, -0.05) is 15.9 Å². The van der Waals surface area contributed by atoms with Crippen LogP contribution in [0.15, 0.2) is 40.9 Å². The van der Waals surface area contributed by atoms with Crippen molar-refractivity contribution in [2.75, 3.05) is 12.8 Å². The lowest BCUT2D eigenvalue weighted by Gasteiger charge is -2.16. The number of anilines is 1. The molecule has 0 atom stereocenters. The zero-order valence-electron chi connectivity index (χ0n) is 12.6. The molecule has 1 aromatic heterocycles. The van der Waals surface area contributed by atoms with E-state index < -0.39 is 5.91 Å². The molecule has 0 spiro atoms. The van der Waals surface area contributed by atoms with E-state index in [0.717, 1.165) is 8.04 Å². The number of hydrogen-bond acceptors (Lipinski definition) is 4. The number of hydrogen-bond donors (Lipinski definition) is 2. The third kappa shape index (κ3) is 2.93. The van der Waals surface area contributed by atoms with Gasteiger partial charge in [0.05, 0.1) is 18.2 Å². The van der Waals surface area contributed by atoms with Crippen molar-refractivity contribution in [3.8, 4) is 16.9 Å². The molecule has 3 rings (SSSR count). The second-order valence-electron chi connectivity index (χ2n) is 5.12. The monoisotopic (exact) mass is 497 g/mol. The van der Waals surface area contributed by atoms with E-state index in [9.17, 15) is 4.79 Å². The Morgan fingerprint density at radius 1 is 1.25 bits per heavy atom. The Kier molecular flexibility index (Phi) is 4.64. The molecule has 2 aromatic carbocycles. The molecule has 0 aliphatic heterocycles. The van der Waals surface area contributed by atoms with Crippen molar-refractivity contribution in [2.45, 2.75) is 0 Å². The summed E-state index contributed by atoms with van der Waals surface area (Å²) in [5.74, 6) is 0.250.